The van der Waals surface area contributed by atoms with Gasteiger partial charge in [0, 0.05) is 16.3 Å². The third-order valence-electron chi connectivity index (χ3n) is 2.74. The number of amides is 1. The van der Waals surface area contributed by atoms with E-state index in [4.69, 9.17) is 16.3 Å². The first kappa shape index (κ1) is 16.0. The minimum atomic E-state index is -2.97. The molecule has 0 aliphatic heterocycles. The van der Waals surface area contributed by atoms with Crippen LogP contribution in [0, 0.1) is 0 Å². The lowest BCUT2D eigenvalue weighted by molar-refractivity contribution is -0.0512. The van der Waals surface area contributed by atoms with Crippen molar-refractivity contribution < 1.29 is 23.0 Å². The lowest BCUT2D eigenvalue weighted by atomic mass is 10.2. The molecule has 2 aromatic rings. The molecule has 0 saturated carbocycles. The van der Waals surface area contributed by atoms with Crippen molar-refractivity contribution in [3.63, 3.8) is 0 Å². The third kappa shape index (κ3) is 4.08. The van der Waals surface area contributed by atoms with E-state index in [0.29, 0.717) is 10.7 Å². The van der Waals surface area contributed by atoms with Gasteiger partial charge in [-0.05, 0) is 42.5 Å². The number of anilines is 1. The second-order valence-electron chi connectivity index (χ2n) is 4.21. The van der Waals surface area contributed by atoms with Crippen LogP contribution in [0.4, 0.5) is 14.5 Å². The molecule has 0 radical (unpaired) electrons. The van der Waals surface area contributed by atoms with E-state index in [2.05, 4.69) is 10.1 Å². The lowest BCUT2D eigenvalue weighted by Crippen LogP contribution is -2.12. The summed E-state index contributed by atoms with van der Waals surface area (Å²) in [5.41, 5.74) is 0.801. The van der Waals surface area contributed by atoms with E-state index in [1.54, 1.807) is 24.3 Å². The zero-order chi connectivity index (χ0) is 16.1. The molecule has 2 rings (SSSR count). The van der Waals surface area contributed by atoms with E-state index in [1.165, 1.54) is 25.3 Å². The molecule has 0 spiro atoms. The van der Waals surface area contributed by atoms with Gasteiger partial charge in [0.15, 0.2) is 11.5 Å². The summed E-state index contributed by atoms with van der Waals surface area (Å²) >= 11 is 5.76. The van der Waals surface area contributed by atoms with Crippen LogP contribution in [0.2, 0.25) is 5.02 Å². The summed E-state index contributed by atoms with van der Waals surface area (Å²) in [5.74, 6) is -0.506. The maximum Gasteiger partial charge on any atom is 0.387 e. The number of ether oxygens (including phenoxy) is 2. The van der Waals surface area contributed by atoms with Crippen LogP contribution in [0.5, 0.6) is 11.5 Å². The van der Waals surface area contributed by atoms with Crippen molar-refractivity contribution in [1.82, 2.24) is 0 Å². The van der Waals surface area contributed by atoms with E-state index in [-0.39, 0.29) is 17.1 Å². The summed E-state index contributed by atoms with van der Waals surface area (Å²) < 4.78 is 33.7. The lowest BCUT2D eigenvalue weighted by Gasteiger charge is -2.11. The van der Waals surface area contributed by atoms with E-state index >= 15 is 0 Å². The number of halogens is 3. The van der Waals surface area contributed by atoms with Gasteiger partial charge >= 0.3 is 6.61 Å². The van der Waals surface area contributed by atoms with Gasteiger partial charge in [-0.1, -0.05) is 11.6 Å². The minimum absolute atomic E-state index is 0.0454. The van der Waals surface area contributed by atoms with Crippen molar-refractivity contribution in [2.75, 3.05) is 12.4 Å². The molecule has 0 aromatic heterocycles. The largest absolute Gasteiger partial charge is 0.493 e. The summed E-state index contributed by atoms with van der Waals surface area (Å²) in [4.78, 5) is 12.1. The van der Waals surface area contributed by atoms with Gasteiger partial charge in [0.05, 0.1) is 7.11 Å². The first-order chi connectivity index (χ1) is 10.5. The number of hydrogen-bond donors (Lipinski definition) is 1. The highest BCUT2D eigenvalue weighted by atomic mass is 35.5. The molecule has 1 amide bonds. The molecule has 0 heterocycles. The number of nitrogens with one attached hydrogen (secondary N) is 1. The van der Waals surface area contributed by atoms with E-state index < -0.39 is 12.5 Å². The monoisotopic (exact) mass is 327 g/mol. The van der Waals surface area contributed by atoms with Crippen molar-refractivity contribution >= 4 is 23.2 Å². The van der Waals surface area contributed by atoms with Crippen molar-refractivity contribution in [3.05, 3.63) is 53.1 Å². The van der Waals surface area contributed by atoms with Gasteiger partial charge in [-0.15, -0.1) is 0 Å². The quantitative estimate of drug-likeness (QED) is 0.895. The van der Waals surface area contributed by atoms with Crippen molar-refractivity contribution in [1.29, 1.82) is 0 Å². The third-order valence-corrected chi connectivity index (χ3v) is 3.00. The van der Waals surface area contributed by atoms with Gasteiger partial charge in [0.25, 0.3) is 5.91 Å². The molecule has 0 aliphatic rings. The molecule has 0 atom stereocenters. The number of methoxy groups -OCH3 is 1. The maximum absolute atomic E-state index is 12.2. The van der Waals surface area contributed by atoms with Gasteiger partial charge < -0.3 is 14.8 Å². The average Bonchev–Trinajstić information content (AvgIpc) is 2.49. The Kier molecular flexibility index (Phi) is 5.16. The van der Waals surface area contributed by atoms with Crippen LogP contribution in [-0.4, -0.2) is 19.6 Å². The molecule has 116 valence electrons. The smallest absolute Gasteiger partial charge is 0.387 e. The average molecular weight is 328 g/mol. The fourth-order valence-corrected chi connectivity index (χ4v) is 1.86. The Morgan fingerprint density at radius 1 is 1.14 bits per heavy atom. The first-order valence-electron chi connectivity index (χ1n) is 6.19. The Morgan fingerprint density at radius 3 is 2.41 bits per heavy atom. The van der Waals surface area contributed by atoms with E-state index in [0.717, 1.165) is 0 Å². The summed E-state index contributed by atoms with van der Waals surface area (Å²) in [7, 11) is 1.30. The molecule has 2 aromatic carbocycles. The summed E-state index contributed by atoms with van der Waals surface area (Å²) in [5, 5.41) is 3.20. The Morgan fingerprint density at radius 2 is 1.82 bits per heavy atom. The zero-order valence-corrected chi connectivity index (χ0v) is 12.2. The van der Waals surface area contributed by atoms with Crippen molar-refractivity contribution in [3.8, 4) is 11.5 Å². The fourth-order valence-electron chi connectivity index (χ4n) is 1.74. The second-order valence-corrected chi connectivity index (χ2v) is 4.64. The molecule has 0 aliphatic carbocycles. The van der Waals surface area contributed by atoms with Gasteiger partial charge in [-0.3, -0.25) is 4.79 Å². The number of hydrogen-bond acceptors (Lipinski definition) is 3. The summed E-state index contributed by atoms with van der Waals surface area (Å²) in [6, 6.07) is 10.5. The molecule has 0 saturated heterocycles. The van der Waals surface area contributed by atoms with Gasteiger partial charge in [0.1, 0.15) is 0 Å². The fraction of sp³-hybridized carbons (Fsp3) is 0.133. The van der Waals surface area contributed by atoms with Crippen molar-refractivity contribution in [2.24, 2.45) is 0 Å². The predicted octanol–water partition coefficient (Wildman–Crippen LogP) is 4.20. The molecule has 1 N–H and O–H groups in total. The molecule has 4 nitrogen and oxygen atoms in total. The maximum atomic E-state index is 12.2. The number of carbonyl (C=O) groups excluding carboxylic acids is 1. The SMILES string of the molecule is COc1cc(C(=O)Nc2ccc(Cl)cc2)ccc1OC(F)F. The highest BCUT2D eigenvalue weighted by molar-refractivity contribution is 6.30. The van der Waals surface area contributed by atoms with E-state index in [9.17, 15) is 13.6 Å². The van der Waals surface area contributed by atoms with Gasteiger partial charge in [-0.25, -0.2) is 0 Å². The predicted molar refractivity (Wildman–Crippen MR) is 79.0 cm³/mol. The van der Waals surface area contributed by atoms with Crippen LogP contribution in [0.1, 0.15) is 10.4 Å². The second kappa shape index (κ2) is 7.09. The van der Waals surface area contributed by atoms with Gasteiger partial charge in [0.2, 0.25) is 0 Å². The highest BCUT2D eigenvalue weighted by Gasteiger charge is 2.14. The molecular weight excluding hydrogens is 316 g/mol. The van der Waals surface area contributed by atoms with Crippen LogP contribution >= 0.6 is 11.6 Å². The van der Waals surface area contributed by atoms with Crippen LogP contribution in [0.15, 0.2) is 42.5 Å². The first-order valence-corrected chi connectivity index (χ1v) is 6.57. The van der Waals surface area contributed by atoms with E-state index in [1.807, 2.05) is 0 Å². The number of alkyl halides is 2. The highest BCUT2D eigenvalue weighted by Crippen LogP contribution is 2.29. The normalized spacial score (nSPS) is 10.4. The van der Waals surface area contributed by atoms with Crippen LogP contribution in [0.3, 0.4) is 0 Å². The van der Waals surface area contributed by atoms with Crippen LogP contribution in [-0.2, 0) is 0 Å². The number of benzene rings is 2. The Labute approximate surface area is 130 Å². The molecule has 0 unspecified atom stereocenters. The van der Waals surface area contributed by atoms with Crippen LogP contribution < -0.4 is 14.8 Å². The van der Waals surface area contributed by atoms with Gasteiger partial charge in [-0.2, -0.15) is 8.78 Å². The minimum Gasteiger partial charge on any atom is -0.493 e. The molecule has 0 bridgehead atoms. The topological polar surface area (TPSA) is 47.6 Å². The standard InChI is InChI=1S/C15H12ClF2NO3/c1-21-13-8-9(2-7-12(13)22-15(17)18)14(20)19-11-5-3-10(16)4-6-11/h2-8,15H,1H3,(H,19,20). The Hall–Kier alpha value is -2.34. The number of carbonyl (C=O) groups is 1. The molecule has 22 heavy (non-hydrogen) atoms. The number of rotatable bonds is 5. The summed E-state index contributed by atoms with van der Waals surface area (Å²) in [6.45, 7) is -2.97. The van der Waals surface area contributed by atoms with Crippen molar-refractivity contribution in [2.45, 2.75) is 6.61 Å². The van der Waals surface area contributed by atoms with Crippen LogP contribution in [0.25, 0.3) is 0 Å². The summed E-state index contributed by atoms with van der Waals surface area (Å²) in [6.07, 6.45) is 0. The molecule has 7 heteroatoms. The molecular formula is C15H12ClF2NO3. The Balaban J connectivity index is 2.17. The zero-order valence-electron chi connectivity index (χ0n) is 11.5. The molecule has 0 fully saturated rings. The Bertz CT molecular complexity index is 662.